The molecule has 4 amide bonds. The molecule has 0 saturated carbocycles. The van der Waals surface area contributed by atoms with Crippen LogP contribution in [0.1, 0.15) is 34.8 Å². The van der Waals surface area contributed by atoms with Crippen LogP contribution in [-0.2, 0) is 28.7 Å². The number of aryl methyl sites for hydroxylation is 2. The lowest BCUT2D eigenvalue weighted by atomic mass is 10.0. The zero-order valence-electron chi connectivity index (χ0n) is 22.7. The Labute approximate surface area is 234 Å². The largest absolute Gasteiger partial charge is 0.507 e. The zero-order valence-corrected chi connectivity index (χ0v) is 22.7. The van der Waals surface area contributed by atoms with Gasteiger partial charge in [-0.15, -0.1) is 0 Å². The average Bonchev–Trinajstić information content (AvgIpc) is 3.01. The first kappa shape index (κ1) is 30.7. The number of nitrogens with one attached hydrogen (secondary N) is 1. The van der Waals surface area contributed by atoms with Gasteiger partial charge in [-0.2, -0.15) is 0 Å². The number of methoxy groups -OCH3 is 1. The number of aliphatic carboxylic acids is 1. The van der Waals surface area contributed by atoms with Gasteiger partial charge >= 0.3 is 5.97 Å². The molecule has 0 unspecified atom stereocenters. The van der Waals surface area contributed by atoms with Crippen molar-refractivity contribution in [3.8, 4) is 5.75 Å². The van der Waals surface area contributed by atoms with E-state index in [4.69, 9.17) is 4.74 Å². The summed E-state index contributed by atoms with van der Waals surface area (Å²) in [7, 11) is 1.24. The van der Waals surface area contributed by atoms with Crippen molar-refractivity contribution in [1.29, 1.82) is 0 Å². The lowest BCUT2D eigenvalue weighted by Crippen LogP contribution is -2.61. The minimum absolute atomic E-state index is 0.0254. The highest BCUT2D eigenvalue weighted by Crippen LogP contribution is 2.36. The lowest BCUT2D eigenvalue weighted by molar-refractivity contribution is -0.145. The van der Waals surface area contributed by atoms with Gasteiger partial charge in [0.15, 0.2) is 0 Å². The van der Waals surface area contributed by atoms with Gasteiger partial charge in [0.2, 0.25) is 5.91 Å². The standard InChI is InChI=1S/C27H29FN4O9/c1-14-7-17(8-15(2)25(14)38)26(39)29-20-11-30(23(35)13-41-4)22-9-18(28)5-6-21(22)32(27(20)40)31(16(3)34)19(12-33)10-24(36)37/h5-9,12,19-20,38H,10-11,13H2,1-4H3,(H,29,39)(H,36,37)/t19-,20-/m0/s1. The molecule has 0 aromatic heterocycles. The van der Waals surface area contributed by atoms with Crippen molar-refractivity contribution < 1.29 is 48.1 Å². The second-order valence-electron chi connectivity index (χ2n) is 9.37. The van der Waals surface area contributed by atoms with E-state index in [2.05, 4.69) is 5.32 Å². The number of anilines is 2. The molecule has 0 bridgehead atoms. The van der Waals surface area contributed by atoms with Crippen molar-refractivity contribution in [3.63, 3.8) is 0 Å². The summed E-state index contributed by atoms with van der Waals surface area (Å²) in [5.74, 6) is -5.72. The number of phenolic OH excluding ortho intramolecular Hbond substituents is 1. The smallest absolute Gasteiger partial charge is 0.305 e. The Kier molecular flexibility index (Phi) is 9.39. The summed E-state index contributed by atoms with van der Waals surface area (Å²) in [4.78, 5) is 77.7. The number of benzene rings is 2. The summed E-state index contributed by atoms with van der Waals surface area (Å²) < 4.78 is 19.4. The van der Waals surface area contributed by atoms with Crippen LogP contribution in [0.25, 0.3) is 0 Å². The van der Waals surface area contributed by atoms with Crippen LogP contribution in [0.3, 0.4) is 0 Å². The van der Waals surface area contributed by atoms with Crippen LogP contribution >= 0.6 is 0 Å². The highest BCUT2D eigenvalue weighted by atomic mass is 19.1. The molecule has 3 rings (SSSR count). The van der Waals surface area contributed by atoms with Gasteiger partial charge in [0.25, 0.3) is 17.7 Å². The first-order valence-electron chi connectivity index (χ1n) is 12.3. The number of carbonyl (C=O) groups excluding carboxylic acids is 5. The Morgan fingerprint density at radius 2 is 1.80 bits per heavy atom. The first-order chi connectivity index (χ1) is 19.3. The van der Waals surface area contributed by atoms with Crippen molar-refractivity contribution in [2.24, 2.45) is 0 Å². The molecule has 0 aliphatic carbocycles. The number of hydrazine groups is 1. The summed E-state index contributed by atoms with van der Waals surface area (Å²) in [6, 6.07) is 2.47. The number of hydrogen-bond donors (Lipinski definition) is 3. The lowest BCUT2D eigenvalue weighted by Gasteiger charge is -2.38. The molecule has 2 aromatic rings. The highest BCUT2D eigenvalue weighted by molar-refractivity contribution is 6.10. The van der Waals surface area contributed by atoms with Crippen molar-refractivity contribution >= 4 is 47.3 Å². The number of carboxylic acid groups (broad SMARTS) is 1. The number of carbonyl (C=O) groups is 6. The topological polar surface area (TPSA) is 174 Å². The molecule has 1 aliphatic rings. The molecule has 0 fully saturated rings. The van der Waals surface area contributed by atoms with Gasteiger partial charge in [0.1, 0.15) is 36.5 Å². The molecule has 41 heavy (non-hydrogen) atoms. The van der Waals surface area contributed by atoms with Crippen LogP contribution < -0.4 is 15.2 Å². The van der Waals surface area contributed by atoms with Gasteiger partial charge in [-0.25, -0.2) is 14.4 Å². The monoisotopic (exact) mass is 572 g/mol. The molecule has 218 valence electrons. The van der Waals surface area contributed by atoms with E-state index < -0.39 is 67.1 Å². The third-order valence-corrected chi connectivity index (χ3v) is 6.35. The quantitative estimate of drug-likeness (QED) is 0.372. The van der Waals surface area contributed by atoms with E-state index in [1.807, 2.05) is 0 Å². The number of hydrogen-bond acceptors (Lipinski definition) is 8. The summed E-state index contributed by atoms with van der Waals surface area (Å²) >= 11 is 0. The van der Waals surface area contributed by atoms with E-state index in [0.717, 1.165) is 30.0 Å². The molecule has 1 heterocycles. The van der Waals surface area contributed by atoms with Crippen molar-refractivity contribution in [2.75, 3.05) is 30.2 Å². The van der Waals surface area contributed by atoms with Crippen molar-refractivity contribution in [2.45, 2.75) is 39.3 Å². The van der Waals surface area contributed by atoms with E-state index in [9.17, 15) is 43.4 Å². The number of halogens is 1. The first-order valence-corrected chi connectivity index (χ1v) is 12.3. The van der Waals surface area contributed by atoms with Gasteiger partial charge in [0, 0.05) is 19.6 Å². The molecule has 0 saturated heterocycles. The van der Waals surface area contributed by atoms with Gasteiger partial charge in [-0.1, -0.05) is 0 Å². The molecule has 3 N–H and O–H groups in total. The Bertz CT molecular complexity index is 1390. The summed E-state index contributed by atoms with van der Waals surface area (Å²) in [6.07, 6.45) is -0.709. The predicted molar refractivity (Wildman–Crippen MR) is 142 cm³/mol. The number of carboxylic acids is 1. The SMILES string of the molecule is COCC(=O)N1C[C@H](NC(=O)c2cc(C)c(O)c(C)c2)C(=O)N(N(C(C)=O)[C@H](C=O)CC(=O)O)c2ccc(F)cc21. The van der Waals surface area contributed by atoms with Crippen molar-refractivity contribution in [3.05, 3.63) is 52.8 Å². The Morgan fingerprint density at radius 3 is 2.34 bits per heavy atom. The van der Waals surface area contributed by atoms with E-state index in [-0.39, 0.29) is 29.0 Å². The maximum absolute atomic E-state index is 14.5. The Balaban J connectivity index is 2.22. The highest BCUT2D eigenvalue weighted by Gasteiger charge is 2.43. The van der Waals surface area contributed by atoms with Crippen LogP contribution in [0.2, 0.25) is 0 Å². The van der Waals surface area contributed by atoms with Crippen LogP contribution in [0.5, 0.6) is 5.75 Å². The van der Waals surface area contributed by atoms with E-state index in [1.54, 1.807) is 13.8 Å². The van der Waals surface area contributed by atoms with Gasteiger partial charge in [0.05, 0.1) is 24.3 Å². The number of aldehydes is 1. The van der Waals surface area contributed by atoms with Crippen molar-refractivity contribution in [1.82, 2.24) is 10.3 Å². The minimum atomic E-state index is -1.67. The molecule has 13 nitrogen and oxygen atoms in total. The summed E-state index contributed by atoms with van der Waals surface area (Å²) in [5, 5.41) is 23.2. The fourth-order valence-electron chi connectivity index (χ4n) is 4.51. The second kappa shape index (κ2) is 12.6. The zero-order chi connectivity index (χ0) is 30.6. The molecule has 0 radical (unpaired) electrons. The molecular formula is C27H29FN4O9. The van der Waals surface area contributed by atoms with E-state index >= 15 is 0 Å². The molecule has 1 aliphatic heterocycles. The number of aromatic hydroxyl groups is 1. The molecular weight excluding hydrogens is 543 g/mol. The van der Waals surface area contributed by atoms with Crippen LogP contribution in [0.15, 0.2) is 30.3 Å². The maximum Gasteiger partial charge on any atom is 0.305 e. The number of ether oxygens (including phenoxy) is 1. The second-order valence-corrected chi connectivity index (χ2v) is 9.37. The molecule has 14 heteroatoms. The van der Waals surface area contributed by atoms with E-state index in [1.165, 1.54) is 19.2 Å². The maximum atomic E-state index is 14.5. The fourth-order valence-corrected chi connectivity index (χ4v) is 4.51. The van der Waals surface area contributed by atoms with Gasteiger partial charge in [-0.05, 0) is 55.3 Å². The predicted octanol–water partition coefficient (Wildman–Crippen LogP) is 1.08. The molecule has 0 spiro atoms. The normalized spacial score (nSPS) is 15.4. The fraction of sp³-hybridized carbons (Fsp3) is 0.333. The van der Waals surface area contributed by atoms with Gasteiger partial charge < -0.3 is 30.0 Å². The number of amides is 4. The number of rotatable bonds is 9. The summed E-state index contributed by atoms with van der Waals surface area (Å²) in [5.41, 5.74) is 0.420. The van der Waals surface area contributed by atoms with Crippen LogP contribution in [0.4, 0.5) is 15.8 Å². The third kappa shape index (κ3) is 6.49. The molecule has 2 atom stereocenters. The van der Waals surface area contributed by atoms with E-state index in [0.29, 0.717) is 21.1 Å². The average molecular weight is 573 g/mol. The Hall–Kier alpha value is -4.85. The number of phenols is 1. The molecule has 2 aromatic carbocycles. The third-order valence-electron chi connectivity index (χ3n) is 6.35. The van der Waals surface area contributed by atoms with Crippen LogP contribution in [0, 0.1) is 19.7 Å². The summed E-state index contributed by atoms with van der Waals surface area (Å²) in [6.45, 7) is 3.10. The Morgan fingerprint density at radius 1 is 1.17 bits per heavy atom. The number of fused-ring (bicyclic) bond motifs is 1. The van der Waals surface area contributed by atoms with Gasteiger partial charge in [-0.3, -0.25) is 24.0 Å². The number of nitrogens with zero attached hydrogens (tertiary/aromatic N) is 3. The minimum Gasteiger partial charge on any atom is -0.507 e. The van der Waals surface area contributed by atoms with Crippen LogP contribution in [-0.4, -0.2) is 83.5 Å².